The van der Waals surface area contributed by atoms with Gasteiger partial charge in [-0.05, 0) is 49.2 Å². The van der Waals surface area contributed by atoms with Gasteiger partial charge in [-0.1, -0.05) is 48.5 Å². The third-order valence-corrected chi connectivity index (χ3v) is 5.80. The van der Waals surface area contributed by atoms with Crippen molar-refractivity contribution in [1.29, 1.82) is 0 Å². The van der Waals surface area contributed by atoms with E-state index in [1.807, 2.05) is 14.1 Å². The zero-order valence-electron chi connectivity index (χ0n) is 14.4. The van der Waals surface area contributed by atoms with Gasteiger partial charge >= 0.3 is 0 Å². The molecule has 0 aliphatic heterocycles. The Bertz CT molecular complexity index is 756. The van der Waals surface area contributed by atoms with Crippen molar-refractivity contribution in [3.63, 3.8) is 0 Å². The first kappa shape index (κ1) is 15.4. The molecule has 1 unspecified atom stereocenters. The van der Waals surface area contributed by atoms with E-state index >= 15 is 0 Å². The number of carbonyl (C=O) groups is 1. The summed E-state index contributed by atoms with van der Waals surface area (Å²) >= 11 is 0. The summed E-state index contributed by atoms with van der Waals surface area (Å²) in [5.41, 5.74) is 4.79. The van der Waals surface area contributed by atoms with Gasteiger partial charge in [-0.3, -0.25) is 9.69 Å². The van der Waals surface area contributed by atoms with Gasteiger partial charge in [0, 0.05) is 12.8 Å². The van der Waals surface area contributed by atoms with Crippen molar-refractivity contribution in [2.75, 3.05) is 14.1 Å². The van der Waals surface area contributed by atoms with Gasteiger partial charge in [-0.15, -0.1) is 0 Å². The van der Waals surface area contributed by atoms with Gasteiger partial charge < -0.3 is 5.32 Å². The Morgan fingerprint density at radius 2 is 1.58 bits per heavy atom. The van der Waals surface area contributed by atoms with Crippen molar-refractivity contribution in [3.05, 3.63) is 70.8 Å². The molecule has 1 N–H and O–H groups in total. The standard InChI is InChI=1S/C21H24N2O/c1-23(2)21(13-16-8-3-4-9-17(16)14-21)20(24)22-19-12-11-15-7-5-6-10-18(15)19/h3-10,19H,11-14H2,1-2H3,(H,22,24). The summed E-state index contributed by atoms with van der Waals surface area (Å²) in [4.78, 5) is 15.4. The van der Waals surface area contributed by atoms with Crippen molar-refractivity contribution in [2.45, 2.75) is 37.3 Å². The summed E-state index contributed by atoms with van der Waals surface area (Å²) in [6.45, 7) is 0. The monoisotopic (exact) mass is 320 g/mol. The second kappa shape index (κ2) is 5.75. The molecule has 2 aliphatic carbocycles. The molecule has 2 aromatic rings. The van der Waals surface area contributed by atoms with Gasteiger partial charge in [0.2, 0.25) is 5.91 Å². The summed E-state index contributed by atoms with van der Waals surface area (Å²) < 4.78 is 0. The lowest BCUT2D eigenvalue weighted by molar-refractivity contribution is -0.132. The molecule has 0 heterocycles. The third-order valence-electron chi connectivity index (χ3n) is 5.80. The molecule has 24 heavy (non-hydrogen) atoms. The molecule has 1 amide bonds. The fourth-order valence-corrected chi connectivity index (χ4v) is 4.27. The highest BCUT2D eigenvalue weighted by atomic mass is 16.2. The Morgan fingerprint density at radius 3 is 2.21 bits per heavy atom. The minimum absolute atomic E-state index is 0.147. The Morgan fingerprint density at radius 1 is 1.00 bits per heavy atom. The van der Waals surface area contributed by atoms with Crippen LogP contribution in [-0.2, 0) is 24.1 Å². The second-order valence-electron chi connectivity index (χ2n) is 7.31. The summed E-state index contributed by atoms with van der Waals surface area (Å²) in [6.07, 6.45) is 3.63. The van der Waals surface area contributed by atoms with Gasteiger partial charge in [-0.2, -0.15) is 0 Å². The van der Waals surface area contributed by atoms with Crippen LogP contribution in [0.25, 0.3) is 0 Å². The predicted octanol–water partition coefficient (Wildman–Crippen LogP) is 2.89. The highest BCUT2D eigenvalue weighted by Gasteiger charge is 2.46. The Kier molecular flexibility index (Phi) is 3.69. The van der Waals surface area contributed by atoms with E-state index in [2.05, 4.69) is 58.7 Å². The molecule has 4 rings (SSSR count). The van der Waals surface area contributed by atoms with Crippen LogP contribution in [0.4, 0.5) is 0 Å². The van der Waals surface area contributed by atoms with Gasteiger partial charge in [0.1, 0.15) is 5.54 Å². The molecule has 3 nitrogen and oxygen atoms in total. The molecule has 0 saturated heterocycles. The van der Waals surface area contributed by atoms with Crippen molar-refractivity contribution >= 4 is 5.91 Å². The van der Waals surface area contributed by atoms with Crippen LogP contribution in [0.2, 0.25) is 0 Å². The minimum atomic E-state index is -0.471. The van der Waals surface area contributed by atoms with Crippen molar-refractivity contribution in [2.24, 2.45) is 0 Å². The maximum absolute atomic E-state index is 13.3. The summed E-state index contributed by atoms with van der Waals surface area (Å²) in [5.74, 6) is 0.158. The number of aryl methyl sites for hydroxylation is 1. The first-order chi connectivity index (χ1) is 11.6. The van der Waals surface area contributed by atoms with Gasteiger partial charge in [0.25, 0.3) is 0 Å². The Labute approximate surface area is 143 Å². The van der Waals surface area contributed by atoms with E-state index in [1.54, 1.807) is 0 Å². The summed E-state index contributed by atoms with van der Waals surface area (Å²) in [7, 11) is 4.04. The third kappa shape index (κ3) is 2.35. The van der Waals surface area contributed by atoms with Crippen LogP contribution in [0.1, 0.15) is 34.7 Å². The van der Waals surface area contributed by atoms with E-state index in [9.17, 15) is 4.79 Å². The zero-order chi connectivity index (χ0) is 16.7. The van der Waals surface area contributed by atoms with Gasteiger partial charge in [-0.25, -0.2) is 0 Å². The normalized spacial score (nSPS) is 20.7. The number of carbonyl (C=O) groups excluding carboxylic acids is 1. The average Bonchev–Trinajstić information content (AvgIpc) is 3.17. The topological polar surface area (TPSA) is 32.3 Å². The fourth-order valence-electron chi connectivity index (χ4n) is 4.27. The van der Waals surface area contributed by atoms with E-state index in [0.717, 1.165) is 25.7 Å². The number of hydrogen-bond donors (Lipinski definition) is 1. The Hall–Kier alpha value is -2.13. The van der Waals surface area contributed by atoms with Crippen LogP contribution in [0.15, 0.2) is 48.5 Å². The molecule has 0 bridgehead atoms. The molecule has 2 aliphatic rings. The molecule has 0 aromatic heterocycles. The van der Waals surface area contributed by atoms with Crippen LogP contribution < -0.4 is 5.32 Å². The average molecular weight is 320 g/mol. The SMILES string of the molecule is CN(C)C1(C(=O)NC2CCc3ccccc32)Cc2ccccc2C1. The quantitative estimate of drug-likeness (QED) is 0.943. The molecule has 0 spiro atoms. The lowest BCUT2D eigenvalue weighted by Crippen LogP contribution is -2.57. The largest absolute Gasteiger partial charge is 0.348 e. The maximum Gasteiger partial charge on any atom is 0.241 e. The lowest BCUT2D eigenvalue weighted by atomic mass is 9.92. The van der Waals surface area contributed by atoms with Gasteiger partial charge in [0.15, 0.2) is 0 Å². The van der Waals surface area contributed by atoms with E-state index < -0.39 is 5.54 Å². The maximum atomic E-state index is 13.3. The molecule has 0 radical (unpaired) electrons. The highest BCUT2D eigenvalue weighted by Crippen LogP contribution is 2.36. The zero-order valence-corrected chi connectivity index (χ0v) is 14.4. The van der Waals surface area contributed by atoms with E-state index in [4.69, 9.17) is 0 Å². The number of likely N-dealkylation sites (N-methyl/N-ethyl adjacent to an activating group) is 1. The predicted molar refractivity (Wildman–Crippen MR) is 95.9 cm³/mol. The number of nitrogens with one attached hydrogen (secondary N) is 1. The molecule has 0 saturated carbocycles. The van der Waals surface area contributed by atoms with E-state index in [1.165, 1.54) is 22.3 Å². The number of hydrogen-bond acceptors (Lipinski definition) is 2. The van der Waals surface area contributed by atoms with Crippen molar-refractivity contribution < 1.29 is 4.79 Å². The van der Waals surface area contributed by atoms with Crippen LogP contribution in [0.5, 0.6) is 0 Å². The van der Waals surface area contributed by atoms with Gasteiger partial charge in [0.05, 0.1) is 6.04 Å². The molecule has 3 heteroatoms. The second-order valence-corrected chi connectivity index (χ2v) is 7.31. The number of benzene rings is 2. The first-order valence-electron chi connectivity index (χ1n) is 8.73. The molecular formula is C21H24N2O. The smallest absolute Gasteiger partial charge is 0.241 e. The number of nitrogens with zero attached hydrogens (tertiary/aromatic N) is 1. The number of amides is 1. The van der Waals surface area contributed by atoms with E-state index in [0.29, 0.717) is 0 Å². The van der Waals surface area contributed by atoms with Crippen LogP contribution >= 0.6 is 0 Å². The first-order valence-corrected chi connectivity index (χ1v) is 8.73. The summed E-state index contributed by atoms with van der Waals surface area (Å²) in [5, 5.41) is 3.35. The molecule has 124 valence electrons. The van der Waals surface area contributed by atoms with E-state index in [-0.39, 0.29) is 11.9 Å². The van der Waals surface area contributed by atoms with Crippen LogP contribution in [0.3, 0.4) is 0 Å². The molecule has 2 aromatic carbocycles. The Balaban J connectivity index is 1.59. The molecule has 1 atom stereocenters. The summed E-state index contributed by atoms with van der Waals surface area (Å²) in [6, 6.07) is 17.1. The molecule has 0 fully saturated rings. The van der Waals surface area contributed by atoms with Crippen LogP contribution in [-0.4, -0.2) is 30.4 Å². The van der Waals surface area contributed by atoms with Crippen molar-refractivity contribution in [3.8, 4) is 0 Å². The number of fused-ring (bicyclic) bond motifs is 2. The number of rotatable bonds is 3. The van der Waals surface area contributed by atoms with Crippen LogP contribution in [0, 0.1) is 0 Å². The highest BCUT2D eigenvalue weighted by molar-refractivity contribution is 5.88. The fraction of sp³-hybridized carbons (Fsp3) is 0.381. The van der Waals surface area contributed by atoms with Crippen molar-refractivity contribution in [1.82, 2.24) is 10.2 Å². The minimum Gasteiger partial charge on any atom is -0.348 e. The lowest BCUT2D eigenvalue weighted by Gasteiger charge is -2.36. The molecular weight excluding hydrogens is 296 g/mol.